The Morgan fingerprint density at radius 3 is 2.08 bits per heavy atom. The molecule has 0 unspecified atom stereocenters. The van der Waals surface area contributed by atoms with Gasteiger partial charge in [0.2, 0.25) is 10.0 Å². The van der Waals surface area contributed by atoms with E-state index >= 15 is 0 Å². The second-order valence-corrected chi connectivity index (χ2v) is 8.76. The Hall–Kier alpha value is -2.46. The molecule has 2 aromatic carbocycles. The van der Waals surface area contributed by atoms with Gasteiger partial charge in [-0.05, 0) is 24.3 Å². The molecule has 3 rings (SSSR count). The number of para-hydroxylation sites is 2. The smallest absolute Gasteiger partial charge is 0.262 e. The predicted molar refractivity (Wildman–Crippen MR) is 93.1 cm³/mol. The summed E-state index contributed by atoms with van der Waals surface area (Å²) in [5.41, 5.74) is 0.244. The van der Waals surface area contributed by atoms with Crippen molar-refractivity contribution in [3.05, 3.63) is 42.5 Å². The lowest BCUT2D eigenvalue weighted by Gasteiger charge is -2.19. The second kappa shape index (κ2) is 6.45. The predicted octanol–water partition coefficient (Wildman–Crippen LogP) is 1.63. The third-order valence-electron chi connectivity index (χ3n) is 3.29. The van der Waals surface area contributed by atoms with E-state index in [-0.39, 0.29) is 16.3 Å². The lowest BCUT2D eigenvalue weighted by Crippen LogP contribution is -2.18. The Labute approximate surface area is 145 Å². The van der Waals surface area contributed by atoms with Crippen molar-refractivity contribution in [3.8, 4) is 11.5 Å². The van der Waals surface area contributed by atoms with Crippen molar-refractivity contribution in [2.45, 2.75) is 4.90 Å². The molecule has 1 aliphatic heterocycles. The van der Waals surface area contributed by atoms with Crippen molar-refractivity contribution in [3.63, 3.8) is 0 Å². The Bertz CT molecular complexity index is 1000. The van der Waals surface area contributed by atoms with Gasteiger partial charge in [0.25, 0.3) is 10.0 Å². The molecule has 134 valence electrons. The van der Waals surface area contributed by atoms with Crippen molar-refractivity contribution in [1.82, 2.24) is 0 Å². The summed E-state index contributed by atoms with van der Waals surface area (Å²) in [6.45, 7) is 0.743. The van der Waals surface area contributed by atoms with E-state index in [0.717, 1.165) is 6.26 Å². The van der Waals surface area contributed by atoms with Crippen molar-refractivity contribution >= 4 is 31.4 Å². The summed E-state index contributed by atoms with van der Waals surface area (Å²) < 4.78 is 63.5. The van der Waals surface area contributed by atoms with E-state index in [1.54, 1.807) is 12.1 Å². The SMILES string of the molecule is CS(=O)(=O)Nc1ccccc1NS(=O)(=O)c1ccc2c(c1)OCCO2. The van der Waals surface area contributed by atoms with E-state index in [0.29, 0.717) is 24.7 Å². The van der Waals surface area contributed by atoms with Crippen LogP contribution in [-0.4, -0.2) is 36.3 Å². The van der Waals surface area contributed by atoms with Crippen LogP contribution in [0.3, 0.4) is 0 Å². The van der Waals surface area contributed by atoms with E-state index < -0.39 is 20.0 Å². The van der Waals surface area contributed by atoms with Crippen LogP contribution in [-0.2, 0) is 20.0 Å². The highest BCUT2D eigenvalue weighted by molar-refractivity contribution is 7.93. The zero-order valence-corrected chi connectivity index (χ0v) is 14.9. The van der Waals surface area contributed by atoms with Crippen LogP contribution < -0.4 is 18.9 Å². The van der Waals surface area contributed by atoms with Gasteiger partial charge >= 0.3 is 0 Å². The van der Waals surface area contributed by atoms with Crippen LogP contribution in [0.2, 0.25) is 0 Å². The molecule has 0 radical (unpaired) electrons. The van der Waals surface area contributed by atoms with Crippen molar-refractivity contribution < 1.29 is 26.3 Å². The summed E-state index contributed by atoms with van der Waals surface area (Å²) in [4.78, 5) is -0.0223. The molecule has 8 nitrogen and oxygen atoms in total. The Morgan fingerprint density at radius 1 is 0.840 bits per heavy atom. The Balaban J connectivity index is 1.92. The first kappa shape index (κ1) is 17.4. The molecule has 0 aliphatic carbocycles. The van der Waals surface area contributed by atoms with Gasteiger partial charge in [-0.25, -0.2) is 16.8 Å². The third kappa shape index (κ3) is 4.15. The topological polar surface area (TPSA) is 111 Å². The summed E-state index contributed by atoms with van der Waals surface area (Å²) >= 11 is 0. The van der Waals surface area contributed by atoms with Crippen LogP contribution in [0.15, 0.2) is 47.4 Å². The third-order valence-corrected chi connectivity index (χ3v) is 5.24. The standard InChI is InChI=1S/C15H16N2O6S2/c1-24(18,19)16-12-4-2-3-5-13(12)17-25(20,21)11-6-7-14-15(10-11)23-9-8-22-14/h2-7,10,16-17H,8-9H2,1H3. The van der Waals surface area contributed by atoms with Crippen molar-refractivity contribution in [2.75, 3.05) is 28.9 Å². The van der Waals surface area contributed by atoms with Crippen LogP contribution in [0.4, 0.5) is 11.4 Å². The van der Waals surface area contributed by atoms with Gasteiger partial charge < -0.3 is 9.47 Å². The average molecular weight is 384 g/mol. The van der Waals surface area contributed by atoms with Crippen LogP contribution in [0.25, 0.3) is 0 Å². The van der Waals surface area contributed by atoms with E-state index in [1.165, 1.54) is 30.3 Å². The Morgan fingerprint density at radius 2 is 1.44 bits per heavy atom. The number of fused-ring (bicyclic) bond motifs is 1. The maximum atomic E-state index is 12.6. The first-order chi connectivity index (χ1) is 11.7. The molecule has 1 aliphatic rings. The highest BCUT2D eigenvalue weighted by atomic mass is 32.2. The molecule has 2 aromatic rings. The molecule has 0 spiro atoms. The zero-order valence-electron chi connectivity index (χ0n) is 13.2. The van der Waals surface area contributed by atoms with Crippen LogP contribution in [0.5, 0.6) is 11.5 Å². The molecule has 0 saturated carbocycles. The minimum atomic E-state index is -3.95. The molecule has 25 heavy (non-hydrogen) atoms. The second-order valence-electron chi connectivity index (χ2n) is 5.33. The van der Waals surface area contributed by atoms with Crippen molar-refractivity contribution in [2.24, 2.45) is 0 Å². The monoisotopic (exact) mass is 384 g/mol. The van der Waals surface area contributed by atoms with Gasteiger partial charge in [-0.3, -0.25) is 9.44 Å². The first-order valence-electron chi connectivity index (χ1n) is 7.24. The molecular weight excluding hydrogens is 368 g/mol. The maximum absolute atomic E-state index is 12.6. The fourth-order valence-corrected chi connectivity index (χ4v) is 3.93. The molecule has 0 fully saturated rings. The fourth-order valence-electron chi connectivity index (χ4n) is 2.26. The largest absolute Gasteiger partial charge is 0.486 e. The average Bonchev–Trinajstić information content (AvgIpc) is 2.55. The molecule has 0 saturated heterocycles. The quantitative estimate of drug-likeness (QED) is 0.811. The number of anilines is 2. The van der Waals surface area contributed by atoms with Gasteiger partial charge in [0.15, 0.2) is 11.5 Å². The lowest BCUT2D eigenvalue weighted by molar-refractivity contribution is 0.171. The molecule has 0 aromatic heterocycles. The minimum absolute atomic E-state index is 0.0223. The minimum Gasteiger partial charge on any atom is -0.486 e. The fraction of sp³-hybridized carbons (Fsp3) is 0.200. The number of rotatable bonds is 5. The van der Waals surface area contributed by atoms with E-state index in [1.807, 2.05) is 0 Å². The molecule has 0 amide bonds. The van der Waals surface area contributed by atoms with Crippen LogP contribution in [0.1, 0.15) is 0 Å². The first-order valence-corrected chi connectivity index (χ1v) is 10.6. The van der Waals surface area contributed by atoms with Crippen LogP contribution in [0, 0.1) is 0 Å². The molecule has 0 bridgehead atoms. The van der Waals surface area contributed by atoms with Gasteiger partial charge in [0.1, 0.15) is 13.2 Å². The number of sulfonamides is 2. The summed E-state index contributed by atoms with van der Waals surface area (Å²) in [7, 11) is -7.50. The molecule has 2 N–H and O–H groups in total. The van der Waals surface area contributed by atoms with E-state index in [4.69, 9.17) is 9.47 Å². The van der Waals surface area contributed by atoms with Crippen molar-refractivity contribution in [1.29, 1.82) is 0 Å². The molecule has 0 atom stereocenters. The number of benzene rings is 2. The normalized spacial score (nSPS) is 14.0. The number of hydrogen-bond donors (Lipinski definition) is 2. The molecule has 1 heterocycles. The van der Waals surface area contributed by atoms with E-state index in [2.05, 4.69) is 9.44 Å². The summed E-state index contributed by atoms with van der Waals surface area (Å²) in [6.07, 6.45) is 0.985. The highest BCUT2D eigenvalue weighted by Crippen LogP contribution is 2.33. The van der Waals surface area contributed by atoms with E-state index in [9.17, 15) is 16.8 Å². The molecule has 10 heteroatoms. The molecular formula is C15H16N2O6S2. The highest BCUT2D eigenvalue weighted by Gasteiger charge is 2.21. The maximum Gasteiger partial charge on any atom is 0.262 e. The van der Waals surface area contributed by atoms with Gasteiger partial charge in [0, 0.05) is 6.07 Å². The van der Waals surface area contributed by atoms with Gasteiger partial charge in [-0.1, -0.05) is 12.1 Å². The van der Waals surface area contributed by atoms with Crippen LogP contribution >= 0.6 is 0 Å². The Kier molecular flexibility index (Phi) is 4.48. The number of nitrogens with one attached hydrogen (secondary N) is 2. The summed E-state index contributed by atoms with van der Waals surface area (Å²) in [5, 5.41) is 0. The van der Waals surface area contributed by atoms with Gasteiger partial charge in [0.05, 0.1) is 22.5 Å². The number of hydrogen-bond acceptors (Lipinski definition) is 6. The lowest BCUT2D eigenvalue weighted by atomic mass is 10.3. The van der Waals surface area contributed by atoms with Gasteiger partial charge in [-0.2, -0.15) is 0 Å². The van der Waals surface area contributed by atoms with Gasteiger partial charge in [-0.15, -0.1) is 0 Å². The zero-order chi connectivity index (χ0) is 18.1. The number of ether oxygens (including phenoxy) is 2. The summed E-state index contributed by atoms with van der Waals surface area (Å²) in [5.74, 6) is 0.820. The summed E-state index contributed by atoms with van der Waals surface area (Å²) in [6, 6.07) is 10.4.